The smallest absolute Gasteiger partial charge is 0.311 e. The third-order valence-corrected chi connectivity index (χ3v) is 11.4. The zero-order valence-corrected chi connectivity index (χ0v) is 32.8. The highest BCUT2D eigenvalue weighted by atomic mass is 79.9. The van der Waals surface area contributed by atoms with Gasteiger partial charge in [0, 0.05) is 34.0 Å². The second-order valence-electron chi connectivity index (χ2n) is 15.9. The van der Waals surface area contributed by atoms with E-state index in [4.69, 9.17) is 27.9 Å². The van der Waals surface area contributed by atoms with E-state index in [2.05, 4.69) is 46.9 Å². The first-order valence-corrected chi connectivity index (χ1v) is 19.2. The fourth-order valence-electron chi connectivity index (χ4n) is 8.15. The van der Waals surface area contributed by atoms with Gasteiger partial charge in [-0.05, 0) is 73.1 Å². The molecule has 51 heavy (non-hydrogen) atoms. The number of fused-ring (bicyclic) bond motifs is 2. The van der Waals surface area contributed by atoms with Gasteiger partial charge in [-0.15, -0.1) is 0 Å². The summed E-state index contributed by atoms with van der Waals surface area (Å²) in [6, 6.07) is 28.6. The first-order chi connectivity index (χ1) is 24.1. The van der Waals surface area contributed by atoms with Crippen molar-refractivity contribution in [2.45, 2.75) is 83.5 Å². The van der Waals surface area contributed by atoms with E-state index in [0.29, 0.717) is 28.0 Å². The van der Waals surface area contributed by atoms with E-state index in [1.54, 1.807) is 24.3 Å². The number of carbonyl (C=O) groups excluding carboxylic acids is 2. The van der Waals surface area contributed by atoms with Gasteiger partial charge >= 0.3 is 5.97 Å². The number of likely N-dealkylation sites (tertiary alicyclic amines) is 1. The van der Waals surface area contributed by atoms with E-state index in [9.17, 15) is 4.79 Å². The largest absolute Gasteiger partial charge is 0.455 e. The van der Waals surface area contributed by atoms with Crippen LogP contribution in [0.3, 0.4) is 0 Å². The normalized spacial score (nSPS) is 23.2. The van der Waals surface area contributed by atoms with E-state index in [0.717, 1.165) is 16.7 Å². The maximum Gasteiger partial charge on any atom is 0.311 e. The molecule has 0 bridgehead atoms. The summed E-state index contributed by atoms with van der Waals surface area (Å²) in [5.74, 6) is -1.87. The Labute approximate surface area is 319 Å². The van der Waals surface area contributed by atoms with Crippen LogP contribution >= 0.6 is 39.1 Å². The molecule has 1 saturated heterocycles. The van der Waals surface area contributed by atoms with Crippen molar-refractivity contribution in [1.29, 1.82) is 0 Å². The van der Waals surface area contributed by atoms with Gasteiger partial charge in [0.2, 0.25) is 5.91 Å². The van der Waals surface area contributed by atoms with Crippen molar-refractivity contribution < 1.29 is 18.7 Å². The predicted octanol–water partition coefficient (Wildman–Crippen LogP) is 11.1. The number of hydrogen-bond donors (Lipinski definition) is 1. The summed E-state index contributed by atoms with van der Waals surface area (Å²) in [6.07, 6.45) is -0.249. The Morgan fingerprint density at radius 3 is 2.14 bits per heavy atom. The van der Waals surface area contributed by atoms with E-state index >= 15 is 9.18 Å². The van der Waals surface area contributed by atoms with Gasteiger partial charge in [-0.3, -0.25) is 14.5 Å². The molecule has 1 spiro atoms. The van der Waals surface area contributed by atoms with Crippen molar-refractivity contribution >= 4 is 56.7 Å². The van der Waals surface area contributed by atoms with Gasteiger partial charge in [-0.1, -0.05) is 139 Å². The lowest BCUT2D eigenvalue weighted by molar-refractivity contribution is -0.164. The van der Waals surface area contributed by atoms with E-state index in [1.807, 2.05) is 87.5 Å². The van der Waals surface area contributed by atoms with Gasteiger partial charge in [0.05, 0.1) is 16.5 Å². The molecule has 6 rings (SSSR count). The monoisotopic (exact) mass is 792 g/mol. The Bertz CT molecular complexity index is 1910. The summed E-state index contributed by atoms with van der Waals surface area (Å²) in [5.41, 5.74) is 1.02. The fraction of sp³-hybridized carbons (Fsp3) is 0.381. The summed E-state index contributed by atoms with van der Waals surface area (Å²) >= 11 is 16.9. The van der Waals surface area contributed by atoms with Crippen LogP contribution in [0.5, 0.6) is 0 Å². The summed E-state index contributed by atoms with van der Waals surface area (Å²) in [6.45, 7) is 12.0. The maximum atomic E-state index is 16.6. The summed E-state index contributed by atoms with van der Waals surface area (Å²) < 4.78 is 23.3. The number of alkyl halides is 1. The third kappa shape index (κ3) is 6.88. The van der Waals surface area contributed by atoms with Crippen LogP contribution in [0.1, 0.15) is 88.3 Å². The van der Waals surface area contributed by atoms with Gasteiger partial charge in [0.25, 0.3) is 0 Å². The van der Waals surface area contributed by atoms with Crippen LogP contribution < -0.4 is 5.32 Å². The van der Waals surface area contributed by atoms with Gasteiger partial charge in [0.15, 0.2) is 0 Å². The summed E-state index contributed by atoms with van der Waals surface area (Å²) in [5, 5.41) is 4.01. The number of carbonyl (C=O) groups is 2. The molecule has 2 heterocycles. The number of ether oxygens (including phenoxy) is 1. The highest BCUT2D eigenvalue weighted by Gasteiger charge is 2.69. The number of esters is 1. The number of amides is 1. The van der Waals surface area contributed by atoms with Crippen LogP contribution in [-0.4, -0.2) is 34.2 Å². The second kappa shape index (κ2) is 14.3. The Hall–Kier alpha value is -3.23. The zero-order valence-electron chi connectivity index (χ0n) is 29.7. The van der Waals surface area contributed by atoms with Gasteiger partial charge in [-0.25, -0.2) is 4.39 Å². The van der Waals surface area contributed by atoms with Crippen molar-refractivity contribution in [3.05, 3.63) is 135 Å². The molecule has 9 heteroatoms. The van der Waals surface area contributed by atoms with Crippen molar-refractivity contribution in [3.8, 4) is 0 Å². The Morgan fingerprint density at radius 2 is 1.55 bits per heavy atom. The first kappa shape index (κ1) is 37.5. The molecule has 1 unspecified atom stereocenters. The molecule has 1 amide bonds. The molecule has 2 aliphatic heterocycles. The molecule has 4 aromatic carbocycles. The maximum absolute atomic E-state index is 16.6. The topological polar surface area (TPSA) is 58.6 Å². The van der Waals surface area contributed by atoms with E-state index < -0.39 is 46.8 Å². The molecule has 1 fully saturated rings. The van der Waals surface area contributed by atoms with Crippen LogP contribution in [-0.2, 0) is 19.7 Å². The number of nitrogens with one attached hydrogen (secondary N) is 1. The molecular weight excluding hydrogens is 750 g/mol. The Kier molecular flexibility index (Phi) is 10.5. The molecule has 0 aliphatic carbocycles. The Morgan fingerprint density at radius 1 is 0.922 bits per heavy atom. The average Bonchev–Trinajstić information content (AvgIpc) is 3.51. The molecule has 2 aliphatic rings. The number of anilines is 1. The van der Waals surface area contributed by atoms with Crippen LogP contribution in [0.15, 0.2) is 97.1 Å². The third-order valence-electron chi connectivity index (χ3n) is 10.2. The highest BCUT2D eigenvalue weighted by molar-refractivity contribution is 9.09. The Balaban J connectivity index is 1.73. The minimum Gasteiger partial charge on any atom is -0.455 e. The zero-order chi connectivity index (χ0) is 36.9. The second-order valence-corrected chi connectivity index (χ2v) is 17.4. The minimum absolute atomic E-state index is 0.0163. The SMILES string of the molecule is CC(C)(C)C[C@H]1N(C(c2ccccc2)[C@@H](OC(=O)C(C)(C)C)c2ccccc2)[C@@H](CBr)[C@H](c2cccc(Cl)c2F)[C@@]12C(=O)Nc1cc(Cl)ccc12. The molecular formula is C42H44BrCl2FN2O3. The predicted molar refractivity (Wildman–Crippen MR) is 207 cm³/mol. The summed E-state index contributed by atoms with van der Waals surface area (Å²) in [7, 11) is 0. The quantitative estimate of drug-likeness (QED) is 0.143. The molecule has 4 aromatic rings. The highest BCUT2D eigenvalue weighted by Crippen LogP contribution is 2.63. The van der Waals surface area contributed by atoms with Crippen molar-refractivity contribution in [2.24, 2.45) is 10.8 Å². The van der Waals surface area contributed by atoms with Crippen LogP contribution in [0, 0.1) is 16.6 Å². The molecule has 0 aromatic heterocycles. The molecule has 6 atom stereocenters. The van der Waals surface area contributed by atoms with E-state index in [1.165, 1.54) is 6.07 Å². The molecule has 268 valence electrons. The molecule has 0 radical (unpaired) electrons. The van der Waals surface area contributed by atoms with E-state index in [-0.39, 0.29) is 22.3 Å². The van der Waals surface area contributed by atoms with Gasteiger partial charge in [-0.2, -0.15) is 0 Å². The lowest BCUT2D eigenvalue weighted by Gasteiger charge is -2.45. The summed E-state index contributed by atoms with van der Waals surface area (Å²) in [4.78, 5) is 31.4. The molecule has 5 nitrogen and oxygen atoms in total. The first-order valence-electron chi connectivity index (χ1n) is 17.3. The fourth-order valence-corrected chi connectivity index (χ4v) is 9.21. The van der Waals surface area contributed by atoms with Crippen LogP contribution in [0.25, 0.3) is 0 Å². The average molecular weight is 795 g/mol. The standard InChI is InChI=1S/C42H44BrCl2FN2O3/c1-40(2,3)23-33-42(29-21-20-27(44)22-31(29)47-38(42)49)34(28-18-13-19-30(45)35(28)46)32(24-43)48(33)36(25-14-9-7-10-15-25)37(26-16-11-8-12-17-26)51-39(50)41(4,5)6/h7-22,32-34,36-37H,23-24H2,1-6H3,(H,47,49)/t32-,33+,34-,36?,37-,42-/m0/s1. The number of benzene rings is 4. The lowest BCUT2D eigenvalue weighted by Crippen LogP contribution is -2.52. The number of nitrogens with zero attached hydrogens (tertiary/aromatic N) is 1. The van der Waals surface area contributed by atoms with Crippen molar-refractivity contribution in [2.75, 3.05) is 10.6 Å². The van der Waals surface area contributed by atoms with Crippen molar-refractivity contribution in [1.82, 2.24) is 4.90 Å². The molecule has 1 N–H and O–H groups in total. The van der Waals surface area contributed by atoms with Crippen LogP contribution in [0.2, 0.25) is 10.0 Å². The lowest BCUT2D eigenvalue weighted by atomic mass is 9.62. The number of rotatable bonds is 8. The van der Waals surface area contributed by atoms with Gasteiger partial charge < -0.3 is 10.1 Å². The van der Waals surface area contributed by atoms with Crippen molar-refractivity contribution in [3.63, 3.8) is 0 Å². The number of halogens is 4. The van der Waals surface area contributed by atoms with Crippen LogP contribution in [0.4, 0.5) is 10.1 Å². The minimum atomic E-state index is -1.29. The molecule has 0 saturated carbocycles. The number of hydrogen-bond acceptors (Lipinski definition) is 4. The van der Waals surface area contributed by atoms with Gasteiger partial charge in [0.1, 0.15) is 17.3 Å².